The first-order chi connectivity index (χ1) is 8.90. The number of ether oxygens (including phenoxy) is 1. The molecule has 98 valence electrons. The maximum Gasteiger partial charge on any atom is 0.122 e. The van der Waals surface area contributed by atoms with Crippen molar-refractivity contribution in [3.05, 3.63) is 29.8 Å². The van der Waals surface area contributed by atoms with E-state index in [0.29, 0.717) is 12.0 Å². The summed E-state index contributed by atoms with van der Waals surface area (Å²) in [6, 6.07) is 9.22. The summed E-state index contributed by atoms with van der Waals surface area (Å²) >= 11 is 0. The van der Waals surface area contributed by atoms with Gasteiger partial charge in [-0.1, -0.05) is 31.5 Å². The smallest absolute Gasteiger partial charge is 0.122 e. The summed E-state index contributed by atoms with van der Waals surface area (Å²) in [6.07, 6.45) is 5.25. The minimum absolute atomic E-state index is 0.611. The summed E-state index contributed by atoms with van der Waals surface area (Å²) in [5.41, 5.74) is 1.44. The quantitative estimate of drug-likeness (QED) is 0.809. The molecule has 0 aliphatic carbocycles. The van der Waals surface area contributed by atoms with E-state index in [0.717, 1.165) is 12.4 Å². The van der Waals surface area contributed by atoms with Crippen molar-refractivity contribution in [1.82, 2.24) is 4.90 Å². The number of rotatable bonds is 3. The summed E-state index contributed by atoms with van der Waals surface area (Å²) in [5, 5.41) is 0. The Labute approximate surface area is 110 Å². The standard InChI is InChI=1S/C16H23NO/c1-2-3-10-17-11-6-8-13-14-7-4-5-9-16(14)18-12-15(13)17/h4-5,7,9,13,15H,2-3,6,8,10-12H2,1H3/t13-,15-/m1/s1. The Morgan fingerprint density at radius 2 is 2.22 bits per heavy atom. The first kappa shape index (κ1) is 12.0. The first-order valence-electron chi connectivity index (χ1n) is 7.36. The molecule has 0 amide bonds. The van der Waals surface area contributed by atoms with Gasteiger partial charge in [0.1, 0.15) is 12.4 Å². The zero-order valence-corrected chi connectivity index (χ0v) is 11.3. The molecule has 0 spiro atoms. The summed E-state index contributed by atoms with van der Waals surface area (Å²) in [6.45, 7) is 5.65. The first-order valence-corrected chi connectivity index (χ1v) is 7.36. The van der Waals surface area contributed by atoms with Gasteiger partial charge in [-0.25, -0.2) is 0 Å². The molecule has 18 heavy (non-hydrogen) atoms. The molecule has 1 aromatic carbocycles. The molecule has 2 aliphatic rings. The number of benzene rings is 1. The number of hydrogen-bond acceptors (Lipinski definition) is 2. The highest BCUT2D eigenvalue weighted by Gasteiger charge is 2.36. The monoisotopic (exact) mass is 245 g/mol. The Morgan fingerprint density at radius 1 is 1.33 bits per heavy atom. The van der Waals surface area contributed by atoms with E-state index in [1.165, 1.54) is 44.3 Å². The highest BCUT2D eigenvalue weighted by Crippen LogP contribution is 2.40. The van der Waals surface area contributed by atoms with Gasteiger partial charge in [0.15, 0.2) is 0 Å². The van der Waals surface area contributed by atoms with Crippen molar-refractivity contribution in [2.24, 2.45) is 0 Å². The van der Waals surface area contributed by atoms with Gasteiger partial charge in [0.05, 0.1) is 6.04 Å². The molecule has 0 radical (unpaired) electrons. The largest absolute Gasteiger partial charge is 0.492 e. The van der Waals surface area contributed by atoms with Gasteiger partial charge in [0.25, 0.3) is 0 Å². The molecule has 2 aliphatic heterocycles. The molecule has 2 heteroatoms. The molecule has 2 nitrogen and oxygen atoms in total. The zero-order chi connectivity index (χ0) is 12.4. The van der Waals surface area contributed by atoms with Crippen molar-refractivity contribution in [2.75, 3.05) is 19.7 Å². The van der Waals surface area contributed by atoms with Crippen LogP contribution in [0.15, 0.2) is 24.3 Å². The molecule has 1 saturated heterocycles. The van der Waals surface area contributed by atoms with Gasteiger partial charge < -0.3 is 4.74 Å². The predicted octanol–water partition coefficient (Wildman–Crippen LogP) is 3.43. The SMILES string of the molecule is CCCCN1CCC[C@@H]2c3ccccc3OC[C@H]21. The van der Waals surface area contributed by atoms with E-state index in [1.807, 2.05) is 0 Å². The molecule has 0 N–H and O–H groups in total. The lowest BCUT2D eigenvalue weighted by Crippen LogP contribution is -2.49. The van der Waals surface area contributed by atoms with Crippen molar-refractivity contribution in [2.45, 2.75) is 44.6 Å². The van der Waals surface area contributed by atoms with Crippen LogP contribution in [0.3, 0.4) is 0 Å². The summed E-state index contributed by atoms with van der Waals surface area (Å²) < 4.78 is 5.96. The molecule has 0 aromatic heterocycles. The van der Waals surface area contributed by atoms with Gasteiger partial charge >= 0.3 is 0 Å². The van der Waals surface area contributed by atoms with E-state index < -0.39 is 0 Å². The van der Waals surface area contributed by atoms with Crippen molar-refractivity contribution in [1.29, 1.82) is 0 Å². The number of piperidine rings is 1. The Balaban J connectivity index is 1.81. The number of likely N-dealkylation sites (tertiary alicyclic amines) is 1. The highest BCUT2D eigenvalue weighted by molar-refractivity contribution is 5.39. The van der Waals surface area contributed by atoms with Crippen LogP contribution in [0.5, 0.6) is 5.75 Å². The number of nitrogens with zero attached hydrogens (tertiary/aromatic N) is 1. The Hall–Kier alpha value is -1.02. The topological polar surface area (TPSA) is 12.5 Å². The fraction of sp³-hybridized carbons (Fsp3) is 0.625. The lowest BCUT2D eigenvalue weighted by molar-refractivity contribution is 0.0648. The van der Waals surface area contributed by atoms with Gasteiger partial charge in [-0.2, -0.15) is 0 Å². The fourth-order valence-electron chi connectivity index (χ4n) is 3.44. The second kappa shape index (κ2) is 5.31. The van der Waals surface area contributed by atoms with Gasteiger partial charge in [0.2, 0.25) is 0 Å². The molecule has 3 rings (SSSR count). The minimum atomic E-state index is 0.611. The summed E-state index contributed by atoms with van der Waals surface area (Å²) in [5.74, 6) is 1.82. The maximum absolute atomic E-state index is 5.96. The molecular formula is C16H23NO. The average Bonchev–Trinajstić information content (AvgIpc) is 2.44. The lowest BCUT2D eigenvalue weighted by Gasteiger charge is -2.44. The number of fused-ring (bicyclic) bond motifs is 3. The molecule has 0 unspecified atom stereocenters. The van der Waals surface area contributed by atoms with E-state index in [1.54, 1.807) is 0 Å². The van der Waals surface area contributed by atoms with Crippen molar-refractivity contribution in [3.8, 4) is 5.75 Å². The second-order valence-electron chi connectivity index (χ2n) is 5.55. The molecule has 0 saturated carbocycles. The third-order valence-electron chi connectivity index (χ3n) is 4.42. The van der Waals surface area contributed by atoms with Crippen LogP contribution in [0.4, 0.5) is 0 Å². The molecule has 1 fully saturated rings. The van der Waals surface area contributed by atoms with Crippen LogP contribution in [-0.4, -0.2) is 30.6 Å². The van der Waals surface area contributed by atoms with Gasteiger partial charge in [-0.15, -0.1) is 0 Å². The fourth-order valence-corrected chi connectivity index (χ4v) is 3.44. The van der Waals surface area contributed by atoms with E-state index in [2.05, 4.69) is 36.1 Å². The van der Waals surface area contributed by atoms with Crippen molar-refractivity contribution in [3.63, 3.8) is 0 Å². The zero-order valence-electron chi connectivity index (χ0n) is 11.3. The van der Waals surface area contributed by atoms with E-state index in [4.69, 9.17) is 4.74 Å². The third kappa shape index (κ3) is 2.14. The number of unbranched alkanes of at least 4 members (excludes halogenated alkanes) is 1. The Morgan fingerprint density at radius 3 is 3.11 bits per heavy atom. The van der Waals surface area contributed by atoms with E-state index in [9.17, 15) is 0 Å². The van der Waals surface area contributed by atoms with Crippen LogP contribution >= 0.6 is 0 Å². The third-order valence-corrected chi connectivity index (χ3v) is 4.42. The maximum atomic E-state index is 5.96. The highest BCUT2D eigenvalue weighted by atomic mass is 16.5. The van der Waals surface area contributed by atoms with E-state index in [-0.39, 0.29) is 0 Å². The molecule has 2 heterocycles. The molecule has 1 aromatic rings. The van der Waals surface area contributed by atoms with Crippen LogP contribution in [0.2, 0.25) is 0 Å². The Bertz CT molecular complexity index is 404. The van der Waals surface area contributed by atoms with Crippen LogP contribution in [-0.2, 0) is 0 Å². The number of para-hydroxylation sites is 1. The van der Waals surface area contributed by atoms with Crippen LogP contribution in [0, 0.1) is 0 Å². The molecular weight excluding hydrogens is 222 g/mol. The van der Waals surface area contributed by atoms with Crippen LogP contribution in [0.25, 0.3) is 0 Å². The normalized spacial score (nSPS) is 27.2. The van der Waals surface area contributed by atoms with Crippen molar-refractivity contribution < 1.29 is 4.74 Å². The van der Waals surface area contributed by atoms with Gasteiger partial charge in [0, 0.05) is 5.92 Å². The predicted molar refractivity (Wildman–Crippen MR) is 74.2 cm³/mol. The van der Waals surface area contributed by atoms with Crippen molar-refractivity contribution >= 4 is 0 Å². The Kier molecular flexibility index (Phi) is 3.55. The summed E-state index contributed by atoms with van der Waals surface area (Å²) in [7, 11) is 0. The lowest BCUT2D eigenvalue weighted by atomic mass is 9.81. The minimum Gasteiger partial charge on any atom is -0.492 e. The van der Waals surface area contributed by atoms with Crippen LogP contribution < -0.4 is 4.74 Å². The number of hydrogen-bond donors (Lipinski definition) is 0. The molecule has 0 bridgehead atoms. The summed E-state index contributed by atoms with van der Waals surface area (Å²) in [4.78, 5) is 2.66. The average molecular weight is 245 g/mol. The second-order valence-corrected chi connectivity index (χ2v) is 5.55. The van der Waals surface area contributed by atoms with E-state index >= 15 is 0 Å². The molecule has 2 atom stereocenters. The van der Waals surface area contributed by atoms with Gasteiger partial charge in [-0.3, -0.25) is 4.90 Å². The van der Waals surface area contributed by atoms with Crippen LogP contribution in [0.1, 0.15) is 44.1 Å². The van der Waals surface area contributed by atoms with Gasteiger partial charge in [-0.05, 0) is 44.0 Å².